The highest BCUT2D eigenvalue weighted by atomic mass is 32.1. The van der Waals surface area contributed by atoms with Crippen LogP contribution in [0.5, 0.6) is 0 Å². The molecule has 0 fully saturated rings. The molecule has 5 heteroatoms. The fraction of sp³-hybridized carbons (Fsp3) is 0.500. The summed E-state index contributed by atoms with van der Waals surface area (Å²) in [7, 11) is 1.79. The van der Waals surface area contributed by atoms with Gasteiger partial charge in [0.1, 0.15) is 0 Å². The van der Waals surface area contributed by atoms with E-state index in [1.807, 2.05) is 12.3 Å². The fourth-order valence-electron chi connectivity index (χ4n) is 1.41. The number of carbonyl (C=O) groups excluding carboxylic acids is 1. The second-order valence-corrected chi connectivity index (χ2v) is 5.05. The number of urea groups is 1. The Hall–Kier alpha value is -1.36. The Labute approximate surface area is 106 Å². The number of likely N-dealkylation sites (N-methyl/N-ethyl adjacent to an activating group) is 1. The molecule has 0 aliphatic carbocycles. The maximum atomic E-state index is 11.8. The van der Waals surface area contributed by atoms with Crippen LogP contribution in [0.4, 0.5) is 4.79 Å². The van der Waals surface area contributed by atoms with Crippen LogP contribution in [0, 0.1) is 0 Å². The van der Waals surface area contributed by atoms with Gasteiger partial charge in [0.25, 0.3) is 0 Å². The summed E-state index contributed by atoms with van der Waals surface area (Å²) >= 11 is 1.62. The molecule has 1 aromatic heterocycles. The van der Waals surface area contributed by atoms with Gasteiger partial charge in [-0.25, -0.2) is 9.78 Å². The first-order chi connectivity index (χ1) is 8.04. The maximum Gasteiger partial charge on any atom is 0.317 e. The molecule has 2 amide bonds. The van der Waals surface area contributed by atoms with E-state index in [0.29, 0.717) is 6.54 Å². The number of carbonyl (C=O) groups is 1. The molecule has 4 nitrogen and oxygen atoms in total. The van der Waals surface area contributed by atoms with Crippen LogP contribution in [0.25, 0.3) is 0 Å². The highest BCUT2D eigenvalue weighted by Crippen LogP contribution is 2.18. The summed E-state index contributed by atoms with van der Waals surface area (Å²) in [5.74, 6) is 0.254. The summed E-state index contributed by atoms with van der Waals surface area (Å²) in [6, 6.07) is -0.0964. The van der Waals surface area contributed by atoms with Gasteiger partial charge in [-0.1, -0.05) is 13.0 Å². The lowest BCUT2D eigenvalue weighted by atomic mass is 10.2. The van der Waals surface area contributed by atoms with Crippen LogP contribution in [-0.2, 0) is 0 Å². The second-order valence-electron chi connectivity index (χ2n) is 4.13. The predicted molar refractivity (Wildman–Crippen MR) is 71.3 cm³/mol. The molecule has 2 atom stereocenters. The first-order valence-corrected chi connectivity index (χ1v) is 6.46. The van der Waals surface area contributed by atoms with Gasteiger partial charge in [0, 0.05) is 37.1 Å². The first-order valence-electron chi connectivity index (χ1n) is 5.58. The summed E-state index contributed by atoms with van der Waals surface area (Å²) < 4.78 is 0. The minimum Gasteiger partial charge on any atom is -0.332 e. The number of aromatic nitrogens is 1. The third kappa shape index (κ3) is 4.19. The summed E-state index contributed by atoms with van der Waals surface area (Å²) in [4.78, 5) is 17.7. The molecule has 0 aliphatic rings. The topological polar surface area (TPSA) is 45.2 Å². The standard InChI is InChI=1S/C12H19N3OS/c1-5-10(3)14-12(16)15(4)8-9(2)11-13-6-7-17-11/h5-7,9-10H,1,8H2,2-4H3,(H,14,16). The molecule has 0 aliphatic heterocycles. The van der Waals surface area contributed by atoms with Gasteiger partial charge in [0.2, 0.25) is 0 Å². The van der Waals surface area contributed by atoms with E-state index in [1.54, 1.807) is 35.6 Å². The van der Waals surface area contributed by atoms with Crippen molar-refractivity contribution in [3.05, 3.63) is 29.2 Å². The van der Waals surface area contributed by atoms with Gasteiger partial charge in [0.05, 0.1) is 5.01 Å². The van der Waals surface area contributed by atoms with Crippen molar-refractivity contribution < 1.29 is 4.79 Å². The van der Waals surface area contributed by atoms with Gasteiger partial charge < -0.3 is 10.2 Å². The Morgan fingerprint density at radius 2 is 2.41 bits per heavy atom. The van der Waals surface area contributed by atoms with Crippen LogP contribution < -0.4 is 5.32 Å². The van der Waals surface area contributed by atoms with Crippen LogP contribution in [0.3, 0.4) is 0 Å². The highest BCUT2D eigenvalue weighted by molar-refractivity contribution is 7.09. The van der Waals surface area contributed by atoms with Gasteiger partial charge in [-0.2, -0.15) is 0 Å². The summed E-state index contributed by atoms with van der Waals surface area (Å²) in [6.45, 7) is 8.25. The molecule has 1 heterocycles. The number of thiazole rings is 1. The number of nitrogens with one attached hydrogen (secondary N) is 1. The third-order valence-electron chi connectivity index (χ3n) is 2.47. The van der Waals surface area contributed by atoms with E-state index < -0.39 is 0 Å². The van der Waals surface area contributed by atoms with E-state index in [4.69, 9.17) is 0 Å². The molecule has 0 spiro atoms. The lowest BCUT2D eigenvalue weighted by molar-refractivity contribution is 0.205. The van der Waals surface area contributed by atoms with Crippen LogP contribution >= 0.6 is 11.3 Å². The van der Waals surface area contributed by atoms with Crippen LogP contribution in [0.2, 0.25) is 0 Å². The smallest absolute Gasteiger partial charge is 0.317 e. The highest BCUT2D eigenvalue weighted by Gasteiger charge is 2.15. The minimum absolute atomic E-state index is 0.0138. The second kappa shape index (κ2) is 6.39. The molecule has 1 aromatic rings. The van der Waals surface area contributed by atoms with Crippen molar-refractivity contribution >= 4 is 17.4 Å². The summed E-state index contributed by atoms with van der Waals surface area (Å²) in [5.41, 5.74) is 0. The van der Waals surface area contributed by atoms with Gasteiger partial charge >= 0.3 is 6.03 Å². The molecule has 17 heavy (non-hydrogen) atoms. The SMILES string of the molecule is C=CC(C)NC(=O)N(C)CC(C)c1nccs1. The summed E-state index contributed by atoms with van der Waals surface area (Å²) in [5, 5.41) is 5.84. The van der Waals surface area contributed by atoms with Gasteiger partial charge in [-0.15, -0.1) is 17.9 Å². The summed E-state index contributed by atoms with van der Waals surface area (Å²) in [6.07, 6.45) is 3.49. The number of amides is 2. The Bertz CT molecular complexity index is 364. The number of rotatable bonds is 5. The van der Waals surface area contributed by atoms with Crippen LogP contribution in [-0.4, -0.2) is 35.5 Å². The molecule has 0 bridgehead atoms. The monoisotopic (exact) mass is 253 g/mol. The number of hydrogen-bond donors (Lipinski definition) is 1. The molecular weight excluding hydrogens is 234 g/mol. The Balaban J connectivity index is 2.45. The largest absolute Gasteiger partial charge is 0.332 e. The maximum absolute atomic E-state index is 11.8. The zero-order chi connectivity index (χ0) is 12.8. The molecule has 2 unspecified atom stereocenters. The lowest BCUT2D eigenvalue weighted by Gasteiger charge is -2.22. The fourth-order valence-corrected chi connectivity index (χ4v) is 2.10. The molecule has 94 valence electrons. The van der Waals surface area contributed by atoms with Gasteiger partial charge in [0.15, 0.2) is 0 Å². The van der Waals surface area contributed by atoms with Crippen LogP contribution in [0.15, 0.2) is 24.2 Å². The van der Waals surface area contributed by atoms with E-state index in [2.05, 4.69) is 23.8 Å². The quantitative estimate of drug-likeness (QED) is 0.819. The lowest BCUT2D eigenvalue weighted by Crippen LogP contribution is -2.42. The molecule has 1 N–H and O–H groups in total. The first kappa shape index (κ1) is 13.7. The molecular formula is C12H19N3OS. The van der Waals surface area contributed by atoms with Crippen molar-refractivity contribution in [2.24, 2.45) is 0 Å². The Kier molecular flexibility index (Phi) is 5.15. The van der Waals surface area contributed by atoms with Crippen molar-refractivity contribution in [1.29, 1.82) is 0 Å². The van der Waals surface area contributed by atoms with Crippen molar-refractivity contribution in [3.8, 4) is 0 Å². The van der Waals surface area contributed by atoms with Gasteiger partial charge in [-0.05, 0) is 6.92 Å². The Morgan fingerprint density at radius 3 is 2.94 bits per heavy atom. The zero-order valence-corrected chi connectivity index (χ0v) is 11.3. The van der Waals surface area contributed by atoms with Crippen molar-refractivity contribution in [3.63, 3.8) is 0 Å². The van der Waals surface area contributed by atoms with E-state index in [0.717, 1.165) is 5.01 Å². The third-order valence-corrected chi connectivity index (χ3v) is 3.48. The van der Waals surface area contributed by atoms with E-state index in [1.165, 1.54) is 0 Å². The van der Waals surface area contributed by atoms with Crippen molar-refractivity contribution in [2.45, 2.75) is 25.8 Å². The molecule has 0 radical (unpaired) electrons. The average molecular weight is 253 g/mol. The molecule has 0 saturated heterocycles. The van der Waals surface area contributed by atoms with E-state index >= 15 is 0 Å². The van der Waals surface area contributed by atoms with Crippen LogP contribution in [0.1, 0.15) is 24.8 Å². The molecule has 1 rings (SSSR count). The van der Waals surface area contributed by atoms with Crippen molar-refractivity contribution in [2.75, 3.05) is 13.6 Å². The van der Waals surface area contributed by atoms with E-state index in [-0.39, 0.29) is 18.0 Å². The van der Waals surface area contributed by atoms with Crippen molar-refractivity contribution in [1.82, 2.24) is 15.2 Å². The number of nitrogens with zero attached hydrogens (tertiary/aromatic N) is 2. The molecule has 0 saturated carbocycles. The predicted octanol–water partition coefficient (Wildman–Crippen LogP) is 2.46. The zero-order valence-electron chi connectivity index (χ0n) is 10.5. The Morgan fingerprint density at radius 1 is 1.71 bits per heavy atom. The average Bonchev–Trinajstić information content (AvgIpc) is 2.82. The normalized spacial score (nSPS) is 13.8. The minimum atomic E-state index is -0.0826. The van der Waals surface area contributed by atoms with E-state index in [9.17, 15) is 4.79 Å². The number of hydrogen-bond acceptors (Lipinski definition) is 3. The van der Waals surface area contributed by atoms with Gasteiger partial charge in [-0.3, -0.25) is 0 Å². The molecule has 0 aromatic carbocycles.